The van der Waals surface area contributed by atoms with E-state index in [1.807, 2.05) is 12.3 Å². The highest BCUT2D eigenvalue weighted by molar-refractivity contribution is 7.07. The van der Waals surface area contributed by atoms with Crippen LogP contribution in [0, 0.1) is 0 Å². The zero-order valence-corrected chi connectivity index (χ0v) is 10.5. The predicted molar refractivity (Wildman–Crippen MR) is 64.4 cm³/mol. The quantitative estimate of drug-likeness (QED) is 0.862. The fourth-order valence-corrected chi connectivity index (χ4v) is 2.45. The van der Waals surface area contributed by atoms with E-state index < -0.39 is 0 Å². The van der Waals surface area contributed by atoms with Gasteiger partial charge < -0.3 is 10.2 Å². The topological polar surface area (TPSA) is 62.3 Å². The highest BCUT2D eigenvalue weighted by Gasteiger charge is 2.31. The van der Waals surface area contributed by atoms with E-state index in [4.69, 9.17) is 0 Å². The number of carbonyl (C=O) groups is 2. The van der Waals surface area contributed by atoms with E-state index in [0.717, 1.165) is 12.1 Å². The summed E-state index contributed by atoms with van der Waals surface area (Å²) in [6.07, 6.45) is 1.57. The maximum Gasteiger partial charge on any atom is 0.245 e. The van der Waals surface area contributed by atoms with Crippen molar-refractivity contribution in [3.05, 3.63) is 16.6 Å². The number of nitrogens with zero attached hydrogens (tertiary/aromatic N) is 2. The van der Waals surface area contributed by atoms with Crippen LogP contribution in [0.5, 0.6) is 0 Å². The number of hydrogen-bond donors (Lipinski definition) is 1. The molecule has 1 aliphatic heterocycles. The highest BCUT2D eigenvalue weighted by Crippen LogP contribution is 2.12. The van der Waals surface area contributed by atoms with Crippen molar-refractivity contribution in [2.24, 2.45) is 0 Å². The van der Waals surface area contributed by atoms with E-state index in [1.165, 1.54) is 11.3 Å². The standard InChI is InChI=1S/C11H15N3O2S/c1-2-3-9-11(16)14(5-10(15)13-9)4-8-6-17-7-12-8/h6-7,9H,2-5H2,1H3,(H,13,15). The molecular formula is C11H15N3O2S. The Morgan fingerprint density at radius 1 is 1.59 bits per heavy atom. The van der Waals surface area contributed by atoms with Gasteiger partial charge in [0.25, 0.3) is 0 Å². The van der Waals surface area contributed by atoms with Gasteiger partial charge in [0, 0.05) is 5.38 Å². The van der Waals surface area contributed by atoms with Crippen molar-refractivity contribution in [1.29, 1.82) is 0 Å². The van der Waals surface area contributed by atoms with E-state index in [2.05, 4.69) is 10.3 Å². The Hall–Kier alpha value is -1.43. The Balaban J connectivity index is 2.05. The molecule has 5 nitrogen and oxygen atoms in total. The zero-order chi connectivity index (χ0) is 12.3. The van der Waals surface area contributed by atoms with Crippen molar-refractivity contribution in [3.63, 3.8) is 0 Å². The molecule has 0 aromatic carbocycles. The molecule has 6 heteroatoms. The molecule has 1 unspecified atom stereocenters. The Bertz CT molecular complexity index is 405. The molecule has 1 saturated heterocycles. The molecule has 92 valence electrons. The van der Waals surface area contributed by atoms with Gasteiger partial charge in [-0.1, -0.05) is 13.3 Å². The molecular weight excluding hydrogens is 238 g/mol. The average molecular weight is 253 g/mol. The minimum Gasteiger partial charge on any atom is -0.343 e. The van der Waals surface area contributed by atoms with Crippen LogP contribution in [0.25, 0.3) is 0 Å². The van der Waals surface area contributed by atoms with Crippen LogP contribution in [0.2, 0.25) is 0 Å². The van der Waals surface area contributed by atoms with E-state index >= 15 is 0 Å². The number of piperazine rings is 1. The lowest BCUT2D eigenvalue weighted by molar-refractivity contribution is -0.145. The Morgan fingerprint density at radius 2 is 2.41 bits per heavy atom. The van der Waals surface area contributed by atoms with Crippen LogP contribution in [0.15, 0.2) is 10.9 Å². The van der Waals surface area contributed by atoms with Gasteiger partial charge in [-0.15, -0.1) is 11.3 Å². The molecule has 17 heavy (non-hydrogen) atoms. The molecule has 0 radical (unpaired) electrons. The lowest BCUT2D eigenvalue weighted by Crippen LogP contribution is -2.57. The van der Waals surface area contributed by atoms with Crippen molar-refractivity contribution in [3.8, 4) is 0 Å². The minimum atomic E-state index is -0.361. The maximum absolute atomic E-state index is 12.1. The van der Waals surface area contributed by atoms with Gasteiger partial charge in [-0.25, -0.2) is 4.98 Å². The van der Waals surface area contributed by atoms with Gasteiger partial charge in [0.2, 0.25) is 11.8 Å². The minimum absolute atomic E-state index is 0.000509. The SMILES string of the molecule is CCCC1NC(=O)CN(Cc2cscn2)C1=O. The fourth-order valence-electron chi connectivity index (χ4n) is 1.90. The lowest BCUT2D eigenvalue weighted by Gasteiger charge is -2.32. The van der Waals surface area contributed by atoms with Gasteiger partial charge in [0.05, 0.1) is 17.7 Å². The van der Waals surface area contributed by atoms with Crippen LogP contribution in [0.3, 0.4) is 0 Å². The van der Waals surface area contributed by atoms with Gasteiger partial charge in [-0.05, 0) is 6.42 Å². The Morgan fingerprint density at radius 3 is 3.06 bits per heavy atom. The highest BCUT2D eigenvalue weighted by atomic mass is 32.1. The summed E-state index contributed by atoms with van der Waals surface area (Å²) in [6, 6.07) is -0.361. The number of aromatic nitrogens is 1. The van der Waals surface area contributed by atoms with Crippen LogP contribution < -0.4 is 5.32 Å². The van der Waals surface area contributed by atoms with Crippen molar-refractivity contribution >= 4 is 23.2 Å². The maximum atomic E-state index is 12.1. The van der Waals surface area contributed by atoms with E-state index in [9.17, 15) is 9.59 Å². The number of carbonyl (C=O) groups excluding carboxylic acids is 2. The molecule has 0 saturated carbocycles. The first kappa shape index (κ1) is 12.0. The van der Waals surface area contributed by atoms with Crippen molar-refractivity contribution < 1.29 is 9.59 Å². The molecule has 0 bridgehead atoms. The molecule has 1 aliphatic rings. The largest absolute Gasteiger partial charge is 0.343 e. The molecule has 1 atom stereocenters. The molecule has 1 N–H and O–H groups in total. The summed E-state index contributed by atoms with van der Waals surface area (Å²) in [6.45, 7) is 2.56. The summed E-state index contributed by atoms with van der Waals surface area (Å²) in [5.41, 5.74) is 2.57. The van der Waals surface area contributed by atoms with Crippen molar-refractivity contribution in [1.82, 2.24) is 15.2 Å². The van der Waals surface area contributed by atoms with Crippen LogP contribution in [0.4, 0.5) is 0 Å². The first-order valence-corrected chi connectivity index (χ1v) is 6.60. The Kier molecular flexibility index (Phi) is 3.73. The first-order chi connectivity index (χ1) is 8.20. The summed E-state index contributed by atoms with van der Waals surface area (Å²) in [7, 11) is 0. The van der Waals surface area contributed by atoms with E-state index in [1.54, 1.807) is 10.4 Å². The van der Waals surface area contributed by atoms with E-state index in [0.29, 0.717) is 13.0 Å². The second-order valence-electron chi connectivity index (χ2n) is 4.08. The zero-order valence-electron chi connectivity index (χ0n) is 9.68. The molecule has 0 aliphatic carbocycles. The monoisotopic (exact) mass is 253 g/mol. The summed E-state index contributed by atoms with van der Waals surface area (Å²) in [5, 5.41) is 4.63. The van der Waals surface area contributed by atoms with Gasteiger partial charge in [0.15, 0.2) is 0 Å². The predicted octanol–water partition coefficient (Wildman–Crippen LogP) is 0.770. The second-order valence-corrected chi connectivity index (χ2v) is 4.80. The van der Waals surface area contributed by atoms with Crippen LogP contribution >= 0.6 is 11.3 Å². The molecule has 2 heterocycles. The van der Waals surface area contributed by atoms with Crippen molar-refractivity contribution in [2.75, 3.05) is 6.54 Å². The van der Waals surface area contributed by atoms with Crippen LogP contribution in [-0.2, 0) is 16.1 Å². The lowest BCUT2D eigenvalue weighted by atomic mass is 10.1. The van der Waals surface area contributed by atoms with Crippen molar-refractivity contribution in [2.45, 2.75) is 32.4 Å². The number of amides is 2. The number of rotatable bonds is 4. The average Bonchev–Trinajstić information content (AvgIpc) is 2.78. The molecule has 2 amide bonds. The first-order valence-electron chi connectivity index (χ1n) is 5.66. The summed E-state index contributed by atoms with van der Waals surface area (Å²) >= 11 is 1.49. The van der Waals surface area contributed by atoms with Gasteiger partial charge in [-0.3, -0.25) is 9.59 Å². The second kappa shape index (κ2) is 5.27. The summed E-state index contributed by atoms with van der Waals surface area (Å²) in [4.78, 5) is 29.3. The number of thiazole rings is 1. The summed E-state index contributed by atoms with van der Waals surface area (Å²) < 4.78 is 0. The van der Waals surface area contributed by atoms with Gasteiger partial charge in [-0.2, -0.15) is 0 Å². The molecule has 1 aromatic rings. The molecule has 2 rings (SSSR count). The third kappa shape index (κ3) is 2.82. The smallest absolute Gasteiger partial charge is 0.245 e. The number of nitrogens with one attached hydrogen (secondary N) is 1. The van der Waals surface area contributed by atoms with Crippen LogP contribution in [-0.4, -0.2) is 34.3 Å². The summed E-state index contributed by atoms with van der Waals surface area (Å²) in [5.74, 6) is -0.0854. The third-order valence-electron chi connectivity index (χ3n) is 2.69. The molecule has 1 aromatic heterocycles. The third-order valence-corrected chi connectivity index (χ3v) is 3.33. The van der Waals surface area contributed by atoms with Gasteiger partial charge >= 0.3 is 0 Å². The van der Waals surface area contributed by atoms with E-state index in [-0.39, 0.29) is 24.4 Å². The molecule has 1 fully saturated rings. The van der Waals surface area contributed by atoms with Gasteiger partial charge in [0.1, 0.15) is 12.6 Å². The fraction of sp³-hybridized carbons (Fsp3) is 0.545. The Labute approximate surface area is 104 Å². The van der Waals surface area contributed by atoms with Crippen LogP contribution in [0.1, 0.15) is 25.5 Å². The molecule has 0 spiro atoms. The normalized spacial score (nSPS) is 20.5. The number of hydrogen-bond acceptors (Lipinski definition) is 4.